The molecule has 0 radical (unpaired) electrons. The molecular formula is C21H22ClN7O. The number of halogens is 1. The molecule has 2 N–H and O–H groups in total. The third-order valence-corrected chi connectivity index (χ3v) is 5.01. The maximum Gasteiger partial charge on any atom is 0.238 e. The summed E-state index contributed by atoms with van der Waals surface area (Å²) in [6, 6.07) is 5.62. The van der Waals surface area contributed by atoms with Gasteiger partial charge in [-0.15, -0.1) is 0 Å². The van der Waals surface area contributed by atoms with Crippen molar-refractivity contribution in [2.24, 2.45) is 7.05 Å². The van der Waals surface area contributed by atoms with E-state index in [-0.39, 0.29) is 5.91 Å². The molecule has 8 nitrogen and oxygen atoms in total. The molecule has 0 bridgehead atoms. The van der Waals surface area contributed by atoms with Gasteiger partial charge in [-0.1, -0.05) is 11.6 Å². The number of anilines is 1. The molecule has 0 aliphatic rings. The van der Waals surface area contributed by atoms with Crippen LogP contribution in [-0.2, 0) is 11.8 Å². The van der Waals surface area contributed by atoms with Crippen molar-refractivity contribution in [3.05, 3.63) is 47.4 Å². The van der Waals surface area contributed by atoms with Crippen molar-refractivity contribution in [3.8, 4) is 22.5 Å². The molecular weight excluding hydrogens is 402 g/mol. The number of aromatic amines is 1. The van der Waals surface area contributed by atoms with Gasteiger partial charge in [-0.2, -0.15) is 10.2 Å². The van der Waals surface area contributed by atoms with Gasteiger partial charge in [-0.3, -0.25) is 19.6 Å². The Balaban J connectivity index is 1.72. The molecule has 0 atom stereocenters. The first-order chi connectivity index (χ1) is 14.3. The zero-order chi connectivity index (χ0) is 21.4. The number of aromatic nitrogens is 5. The van der Waals surface area contributed by atoms with E-state index in [1.54, 1.807) is 23.1 Å². The van der Waals surface area contributed by atoms with Gasteiger partial charge in [0, 0.05) is 35.4 Å². The van der Waals surface area contributed by atoms with Crippen LogP contribution in [0.5, 0.6) is 0 Å². The summed E-state index contributed by atoms with van der Waals surface area (Å²) < 4.78 is 1.74. The number of nitrogens with one attached hydrogen (secondary N) is 2. The second kappa shape index (κ2) is 7.89. The molecule has 154 valence electrons. The minimum absolute atomic E-state index is 0.0951. The number of aryl methyl sites for hydroxylation is 2. The Morgan fingerprint density at radius 3 is 2.73 bits per heavy atom. The number of likely N-dealkylation sites (N-methyl/N-ethyl adjacent to an activating group) is 1. The van der Waals surface area contributed by atoms with Crippen molar-refractivity contribution in [1.29, 1.82) is 0 Å². The predicted octanol–water partition coefficient (Wildman–Crippen LogP) is 3.49. The van der Waals surface area contributed by atoms with Crippen molar-refractivity contribution in [2.75, 3.05) is 26.0 Å². The lowest BCUT2D eigenvalue weighted by molar-refractivity contribution is -0.116. The first-order valence-electron chi connectivity index (χ1n) is 9.40. The van der Waals surface area contributed by atoms with Crippen LogP contribution in [0.3, 0.4) is 0 Å². The molecule has 0 aliphatic carbocycles. The summed E-state index contributed by atoms with van der Waals surface area (Å²) in [5, 5.41) is 16.0. The van der Waals surface area contributed by atoms with E-state index in [9.17, 15) is 4.79 Å². The molecule has 0 unspecified atom stereocenters. The van der Waals surface area contributed by atoms with Gasteiger partial charge in [-0.05, 0) is 44.8 Å². The topological polar surface area (TPSA) is 91.7 Å². The Morgan fingerprint density at radius 2 is 2.07 bits per heavy atom. The number of H-pyrrole nitrogens is 1. The number of fused-ring (bicyclic) bond motifs is 1. The molecule has 30 heavy (non-hydrogen) atoms. The SMILES string of the molecule is Cc1cc(NC(=O)CN(C)C)cc(Cl)c1-c1cc2c(-c3cnn(C)c3)n[nH]c2cn1. The second-order valence-electron chi connectivity index (χ2n) is 7.53. The first-order valence-corrected chi connectivity index (χ1v) is 9.78. The summed E-state index contributed by atoms with van der Waals surface area (Å²) in [7, 11) is 5.56. The summed E-state index contributed by atoms with van der Waals surface area (Å²) in [4.78, 5) is 18.4. The molecule has 0 aliphatic heterocycles. The molecule has 0 saturated carbocycles. The average molecular weight is 424 g/mol. The average Bonchev–Trinajstić information content (AvgIpc) is 3.25. The van der Waals surface area contributed by atoms with Crippen molar-refractivity contribution in [1.82, 2.24) is 29.9 Å². The monoisotopic (exact) mass is 423 g/mol. The third kappa shape index (κ3) is 3.92. The van der Waals surface area contributed by atoms with Crippen LogP contribution in [0.15, 0.2) is 36.8 Å². The molecule has 9 heteroatoms. The predicted molar refractivity (Wildman–Crippen MR) is 118 cm³/mol. The van der Waals surface area contributed by atoms with Crippen LogP contribution in [0.1, 0.15) is 5.56 Å². The normalized spacial score (nSPS) is 11.4. The smallest absolute Gasteiger partial charge is 0.238 e. The Hall–Kier alpha value is -3.23. The number of pyridine rings is 1. The number of hydrogen-bond acceptors (Lipinski definition) is 5. The van der Waals surface area contributed by atoms with Crippen molar-refractivity contribution in [2.45, 2.75) is 6.92 Å². The van der Waals surface area contributed by atoms with Gasteiger partial charge < -0.3 is 10.2 Å². The Bertz CT molecular complexity index is 1220. The molecule has 1 aromatic carbocycles. The van der Waals surface area contributed by atoms with Crippen LogP contribution in [-0.4, -0.2) is 56.4 Å². The summed E-state index contributed by atoms with van der Waals surface area (Å²) >= 11 is 6.61. The molecule has 0 saturated heterocycles. The highest BCUT2D eigenvalue weighted by molar-refractivity contribution is 6.34. The van der Waals surface area contributed by atoms with Crippen LogP contribution in [0.25, 0.3) is 33.4 Å². The van der Waals surface area contributed by atoms with Gasteiger partial charge >= 0.3 is 0 Å². The fourth-order valence-electron chi connectivity index (χ4n) is 3.45. The van der Waals surface area contributed by atoms with Gasteiger partial charge in [0.2, 0.25) is 5.91 Å². The molecule has 3 heterocycles. The van der Waals surface area contributed by atoms with E-state index in [0.29, 0.717) is 17.3 Å². The van der Waals surface area contributed by atoms with Crippen LogP contribution in [0.2, 0.25) is 5.02 Å². The van der Waals surface area contributed by atoms with Crippen molar-refractivity contribution < 1.29 is 4.79 Å². The maximum atomic E-state index is 12.1. The number of nitrogens with zero attached hydrogens (tertiary/aromatic N) is 5. The quantitative estimate of drug-likeness (QED) is 0.512. The fraction of sp³-hybridized carbons (Fsp3) is 0.238. The molecule has 4 rings (SSSR count). The van der Waals surface area contributed by atoms with Gasteiger partial charge in [0.15, 0.2) is 0 Å². The first kappa shape index (κ1) is 20.1. The van der Waals surface area contributed by atoms with E-state index in [4.69, 9.17) is 11.6 Å². The van der Waals surface area contributed by atoms with E-state index in [1.165, 1.54) is 0 Å². The number of carbonyl (C=O) groups is 1. The number of rotatable bonds is 5. The van der Waals surface area contributed by atoms with Crippen LogP contribution < -0.4 is 5.32 Å². The Morgan fingerprint density at radius 1 is 1.27 bits per heavy atom. The number of amides is 1. The van der Waals surface area contributed by atoms with E-state index >= 15 is 0 Å². The van der Waals surface area contributed by atoms with E-state index in [2.05, 4.69) is 25.6 Å². The zero-order valence-corrected chi connectivity index (χ0v) is 17.9. The summed E-state index contributed by atoms with van der Waals surface area (Å²) in [6.45, 7) is 2.25. The van der Waals surface area contributed by atoms with Crippen LogP contribution in [0, 0.1) is 6.92 Å². The fourth-order valence-corrected chi connectivity index (χ4v) is 3.81. The van der Waals surface area contributed by atoms with Gasteiger partial charge in [0.05, 0.1) is 35.2 Å². The minimum Gasteiger partial charge on any atom is -0.325 e. The standard InChI is InChI=1S/C21H22ClN7O/c1-12-5-14(25-19(30)11-28(2)3)6-16(22)20(12)17-7-15-18(9-23-17)26-27-21(15)13-8-24-29(4)10-13/h5-10H,11H2,1-4H3,(H,25,30)(H,26,27). The highest BCUT2D eigenvalue weighted by Crippen LogP contribution is 2.35. The molecule has 0 spiro atoms. The van der Waals surface area contributed by atoms with Gasteiger partial charge in [0.1, 0.15) is 5.69 Å². The summed E-state index contributed by atoms with van der Waals surface area (Å²) in [6.07, 6.45) is 5.44. The molecule has 1 amide bonds. The van der Waals surface area contributed by atoms with E-state index < -0.39 is 0 Å². The van der Waals surface area contributed by atoms with E-state index in [0.717, 1.165) is 39.0 Å². The maximum absolute atomic E-state index is 12.1. The molecule has 4 aromatic rings. The largest absolute Gasteiger partial charge is 0.325 e. The molecule has 0 fully saturated rings. The van der Waals surface area contributed by atoms with Gasteiger partial charge in [-0.25, -0.2) is 0 Å². The number of carbonyl (C=O) groups excluding carboxylic acids is 1. The lowest BCUT2D eigenvalue weighted by Crippen LogP contribution is -2.27. The lowest BCUT2D eigenvalue weighted by Gasteiger charge is -2.14. The second-order valence-corrected chi connectivity index (χ2v) is 7.93. The zero-order valence-electron chi connectivity index (χ0n) is 17.2. The van der Waals surface area contributed by atoms with Crippen molar-refractivity contribution >= 4 is 34.1 Å². The lowest BCUT2D eigenvalue weighted by atomic mass is 10.0. The van der Waals surface area contributed by atoms with Gasteiger partial charge in [0.25, 0.3) is 0 Å². The summed E-state index contributed by atoms with van der Waals surface area (Å²) in [5.41, 5.74) is 5.70. The Labute approximate surface area is 178 Å². The molecule has 3 aromatic heterocycles. The third-order valence-electron chi connectivity index (χ3n) is 4.71. The van der Waals surface area contributed by atoms with Crippen LogP contribution in [0.4, 0.5) is 5.69 Å². The van der Waals surface area contributed by atoms with Crippen LogP contribution >= 0.6 is 11.6 Å². The highest BCUT2D eigenvalue weighted by Gasteiger charge is 2.16. The number of hydrogen-bond donors (Lipinski definition) is 2. The minimum atomic E-state index is -0.0951. The highest BCUT2D eigenvalue weighted by atomic mass is 35.5. The summed E-state index contributed by atoms with van der Waals surface area (Å²) in [5.74, 6) is -0.0951. The van der Waals surface area contributed by atoms with E-state index in [1.807, 2.05) is 51.3 Å². The van der Waals surface area contributed by atoms with Crippen molar-refractivity contribution in [3.63, 3.8) is 0 Å². The number of benzene rings is 1. The Kier molecular flexibility index (Phi) is 5.27.